The smallest absolute Gasteiger partial charge is 0.0323 e. The second kappa shape index (κ2) is 4.50. The molecule has 0 radical (unpaired) electrons. The molecule has 1 aliphatic rings. The highest BCUT2D eigenvalue weighted by Gasteiger charge is 2.23. The van der Waals surface area contributed by atoms with E-state index in [0.29, 0.717) is 5.92 Å². The summed E-state index contributed by atoms with van der Waals surface area (Å²) < 4.78 is 0. The Morgan fingerprint density at radius 3 is 2.41 bits per heavy atom. The molecule has 0 amide bonds. The molecule has 0 spiro atoms. The first-order valence-corrected chi connectivity index (χ1v) is 6.59. The van der Waals surface area contributed by atoms with Crippen LogP contribution in [0.4, 0.5) is 0 Å². The lowest BCUT2D eigenvalue weighted by Crippen LogP contribution is -2.18. The molecule has 2 aromatic carbocycles. The van der Waals surface area contributed by atoms with Gasteiger partial charge in [-0.2, -0.15) is 0 Å². The van der Waals surface area contributed by atoms with Crippen LogP contribution in [-0.4, -0.2) is 0 Å². The average molecular weight is 225 g/mol. The Kier molecular flexibility index (Phi) is 2.86. The minimum absolute atomic E-state index is 0.224. The molecule has 3 rings (SSSR count). The quantitative estimate of drug-likeness (QED) is 0.820. The van der Waals surface area contributed by atoms with Gasteiger partial charge in [0, 0.05) is 6.04 Å². The van der Waals surface area contributed by atoms with Crippen LogP contribution in [0, 0.1) is 5.92 Å². The Hall–Kier alpha value is -1.34. The van der Waals surface area contributed by atoms with Crippen molar-refractivity contribution >= 4 is 10.8 Å². The van der Waals surface area contributed by atoms with Crippen molar-refractivity contribution in [3.05, 3.63) is 48.0 Å². The van der Waals surface area contributed by atoms with Gasteiger partial charge < -0.3 is 5.73 Å². The van der Waals surface area contributed by atoms with Gasteiger partial charge in [-0.15, -0.1) is 0 Å². The van der Waals surface area contributed by atoms with E-state index in [1.807, 2.05) is 0 Å². The normalized spacial score (nSPS) is 18.6. The summed E-state index contributed by atoms with van der Waals surface area (Å²) in [6, 6.07) is 15.4. The zero-order valence-electron chi connectivity index (χ0n) is 10.1. The lowest BCUT2D eigenvalue weighted by Gasteiger charge is -2.19. The topological polar surface area (TPSA) is 26.0 Å². The van der Waals surface area contributed by atoms with Crippen molar-refractivity contribution in [3.63, 3.8) is 0 Å². The second-order valence-electron chi connectivity index (χ2n) is 5.18. The van der Waals surface area contributed by atoms with Gasteiger partial charge in [-0.25, -0.2) is 0 Å². The van der Waals surface area contributed by atoms with Gasteiger partial charge in [-0.1, -0.05) is 49.2 Å². The largest absolute Gasteiger partial charge is 0.324 e. The number of rotatable bonds is 2. The van der Waals surface area contributed by atoms with Crippen LogP contribution in [0.25, 0.3) is 10.8 Å². The van der Waals surface area contributed by atoms with Gasteiger partial charge in [-0.05, 0) is 41.2 Å². The van der Waals surface area contributed by atoms with Crippen LogP contribution < -0.4 is 5.73 Å². The van der Waals surface area contributed by atoms with Gasteiger partial charge in [0.15, 0.2) is 0 Å². The highest BCUT2D eigenvalue weighted by Crippen LogP contribution is 2.34. The van der Waals surface area contributed by atoms with E-state index in [4.69, 9.17) is 5.73 Å². The third kappa shape index (κ3) is 2.07. The van der Waals surface area contributed by atoms with E-state index in [2.05, 4.69) is 42.5 Å². The zero-order valence-corrected chi connectivity index (χ0v) is 10.1. The van der Waals surface area contributed by atoms with E-state index in [1.165, 1.54) is 42.0 Å². The fraction of sp³-hybridized carbons (Fsp3) is 0.375. The molecular weight excluding hydrogens is 206 g/mol. The average Bonchev–Trinajstić information content (AvgIpc) is 2.91. The van der Waals surface area contributed by atoms with Crippen LogP contribution in [0.2, 0.25) is 0 Å². The standard InChI is InChI=1S/C16H19N/c17-16(13-6-2-3-7-13)15-10-9-12-5-1-4-8-14(12)11-15/h1,4-5,8-11,13,16H,2-3,6-7,17H2/t16-/m1/s1. The van der Waals surface area contributed by atoms with E-state index in [1.54, 1.807) is 0 Å². The molecule has 88 valence electrons. The first kappa shape index (κ1) is 10.8. The summed E-state index contributed by atoms with van der Waals surface area (Å²) in [7, 11) is 0. The molecule has 0 saturated heterocycles. The zero-order chi connectivity index (χ0) is 11.7. The van der Waals surface area contributed by atoms with Gasteiger partial charge in [0.05, 0.1) is 0 Å². The molecule has 0 heterocycles. The Balaban J connectivity index is 1.94. The first-order valence-electron chi connectivity index (χ1n) is 6.59. The maximum Gasteiger partial charge on any atom is 0.0323 e. The molecule has 1 aliphatic carbocycles. The monoisotopic (exact) mass is 225 g/mol. The maximum absolute atomic E-state index is 6.39. The van der Waals surface area contributed by atoms with Crippen molar-refractivity contribution in [1.82, 2.24) is 0 Å². The summed E-state index contributed by atoms with van der Waals surface area (Å²) in [5.41, 5.74) is 7.69. The molecule has 1 saturated carbocycles. The lowest BCUT2D eigenvalue weighted by atomic mass is 9.91. The molecule has 1 atom stereocenters. The molecule has 0 aliphatic heterocycles. The first-order chi connectivity index (χ1) is 8.34. The van der Waals surface area contributed by atoms with Gasteiger partial charge >= 0.3 is 0 Å². The number of fused-ring (bicyclic) bond motifs is 1. The summed E-state index contributed by atoms with van der Waals surface area (Å²) in [5.74, 6) is 0.691. The van der Waals surface area contributed by atoms with Gasteiger partial charge in [0.1, 0.15) is 0 Å². The Bertz CT molecular complexity index is 512. The summed E-state index contributed by atoms with van der Waals surface area (Å²) in [5, 5.41) is 2.60. The summed E-state index contributed by atoms with van der Waals surface area (Å²) in [4.78, 5) is 0. The van der Waals surface area contributed by atoms with E-state index < -0.39 is 0 Å². The number of benzene rings is 2. The van der Waals surface area contributed by atoms with Crippen molar-refractivity contribution in [2.75, 3.05) is 0 Å². The SMILES string of the molecule is N[C@@H](c1ccc2ccccc2c1)C1CCCC1. The van der Waals surface area contributed by atoms with Crippen LogP contribution in [0.1, 0.15) is 37.3 Å². The van der Waals surface area contributed by atoms with Crippen molar-refractivity contribution < 1.29 is 0 Å². The minimum atomic E-state index is 0.224. The van der Waals surface area contributed by atoms with Gasteiger partial charge in [0.2, 0.25) is 0 Å². The highest BCUT2D eigenvalue weighted by atomic mass is 14.7. The van der Waals surface area contributed by atoms with Crippen LogP contribution in [0.3, 0.4) is 0 Å². The third-order valence-electron chi connectivity index (χ3n) is 4.07. The molecule has 17 heavy (non-hydrogen) atoms. The van der Waals surface area contributed by atoms with Crippen LogP contribution >= 0.6 is 0 Å². The number of hydrogen-bond donors (Lipinski definition) is 1. The molecule has 0 unspecified atom stereocenters. The Morgan fingerprint density at radius 2 is 1.65 bits per heavy atom. The molecule has 2 aromatic rings. The molecule has 0 bridgehead atoms. The molecular formula is C16H19N. The summed E-state index contributed by atoms with van der Waals surface area (Å²) >= 11 is 0. The van der Waals surface area contributed by atoms with E-state index in [0.717, 1.165) is 0 Å². The number of hydrogen-bond acceptors (Lipinski definition) is 1. The van der Waals surface area contributed by atoms with Crippen molar-refractivity contribution in [2.45, 2.75) is 31.7 Å². The molecule has 0 aromatic heterocycles. The van der Waals surface area contributed by atoms with Crippen LogP contribution in [0.15, 0.2) is 42.5 Å². The number of nitrogens with two attached hydrogens (primary N) is 1. The summed E-state index contributed by atoms with van der Waals surface area (Å²) in [6.07, 6.45) is 5.31. The van der Waals surface area contributed by atoms with Crippen LogP contribution in [-0.2, 0) is 0 Å². The predicted molar refractivity (Wildman–Crippen MR) is 72.8 cm³/mol. The lowest BCUT2D eigenvalue weighted by molar-refractivity contribution is 0.445. The van der Waals surface area contributed by atoms with E-state index in [-0.39, 0.29) is 6.04 Å². The molecule has 1 nitrogen and oxygen atoms in total. The van der Waals surface area contributed by atoms with Crippen molar-refractivity contribution in [3.8, 4) is 0 Å². The maximum atomic E-state index is 6.39. The van der Waals surface area contributed by atoms with E-state index >= 15 is 0 Å². The molecule has 1 fully saturated rings. The van der Waals surface area contributed by atoms with Crippen LogP contribution in [0.5, 0.6) is 0 Å². The minimum Gasteiger partial charge on any atom is -0.324 e. The van der Waals surface area contributed by atoms with Gasteiger partial charge in [-0.3, -0.25) is 0 Å². The van der Waals surface area contributed by atoms with Crippen molar-refractivity contribution in [2.24, 2.45) is 11.7 Å². The third-order valence-corrected chi connectivity index (χ3v) is 4.07. The van der Waals surface area contributed by atoms with Gasteiger partial charge in [0.25, 0.3) is 0 Å². The summed E-state index contributed by atoms with van der Waals surface area (Å²) in [6.45, 7) is 0. The molecule has 1 heteroatoms. The second-order valence-corrected chi connectivity index (χ2v) is 5.18. The Labute approximate surface area is 103 Å². The fourth-order valence-electron chi connectivity index (χ4n) is 3.00. The fourth-order valence-corrected chi connectivity index (χ4v) is 3.00. The predicted octanol–water partition coefficient (Wildman–Crippen LogP) is 4.03. The molecule has 2 N–H and O–H groups in total. The highest BCUT2D eigenvalue weighted by molar-refractivity contribution is 5.83. The van der Waals surface area contributed by atoms with E-state index in [9.17, 15) is 0 Å². The van der Waals surface area contributed by atoms with Crippen molar-refractivity contribution in [1.29, 1.82) is 0 Å². The Morgan fingerprint density at radius 1 is 0.941 bits per heavy atom.